The molecule has 0 amide bonds. The van der Waals surface area contributed by atoms with Gasteiger partial charge in [0.2, 0.25) is 0 Å². The van der Waals surface area contributed by atoms with Crippen LogP contribution in [0.5, 0.6) is 5.75 Å². The van der Waals surface area contributed by atoms with Gasteiger partial charge in [0.05, 0.1) is 9.89 Å². The molecule has 0 aliphatic heterocycles. The Hall–Kier alpha value is -0.840. The summed E-state index contributed by atoms with van der Waals surface area (Å²) in [6.45, 7) is 4.33. The molecule has 2 rings (SSSR count). The van der Waals surface area contributed by atoms with Crippen LogP contribution in [0, 0.1) is 6.92 Å². The van der Waals surface area contributed by atoms with Crippen LogP contribution in [-0.4, -0.2) is 5.11 Å². The Bertz CT molecular complexity index is 534. The number of rotatable bonds is 4. The first-order valence-corrected chi connectivity index (χ1v) is 7.33. The Labute approximate surface area is 119 Å². The first-order valence-electron chi connectivity index (χ1n) is 5.72. The first-order chi connectivity index (χ1) is 8.56. The van der Waals surface area contributed by atoms with Crippen LogP contribution in [0.4, 0.5) is 0 Å². The van der Waals surface area contributed by atoms with Crippen molar-refractivity contribution in [2.24, 2.45) is 0 Å². The van der Waals surface area contributed by atoms with E-state index in [1.165, 1.54) is 4.88 Å². The van der Waals surface area contributed by atoms with Crippen LogP contribution >= 0.6 is 27.3 Å². The van der Waals surface area contributed by atoms with Crippen molar-refractivity contribution in [1.82, 2.24) is 0 Å². The van der Waals surface area contributed by atoms with Crippen molar-refractivity contribution in [2.75, 3.05) is 0 Å². The molecule has 0 fully saturated rings. The van der Waals surface area contributed by atoms with Gasteiger partial charge < -0.3 is 9.84 Å². The fourth-order valence-corrected chi connectivity index (χ4v) is 3.07. The second-order valence-electron chi connectivity index (χ2n) is 4.20. The van der Waals surface area contributed by atoms with Crippen molar-refractivity contribution in [3.05, 3.63) is 50.1 Å². The van der Waals surface area contributed by atoms with Crippen LogP contribution in [0.2, 0.25) is 0 Å². The number of aryl methyl sites for hydroxylation is 1. The van der Waals surface area contributed by atoms with E-state index < -0.39 is 6.10 Å². The highest BCUT2D eigenvalue weighted by molar-refractivity contribution is 9.11. The highest BCUT2D eigenvalue weighted by Crippen LogP contribution is 2.26. The molecule has 1 aromatic carbocycles. The van der Waals surface area contributed by atoms with Gasteiger partial charge in [-0.1, -0.05) is 6.07 Å². The number of hydrogen-bond acceptors (Lipinski definition) is 3. The average molecular weight is 327 g/mol. The standard InChI is InChI=1S/C14H15BrO2S/c1-9-7-11(10(2)16)3-5-13(9)17-8-12-4-6-14(15)18-12/h3-7,10,16H,8H2,1-2H3/t10-/m1/s1. The number of hydrogen-bond donors (Lipinski definition) is 1. The Kier molecular flexibility index (Phi) is 4.43. The van der Waals surface area contributed by atoms with E-state index in [2.05, 4.69) is 15.9 Å². The molecule has 0 aliphatic carbocycles. The van der Waals surface area contributed by atoms with Crippen molar-refractivity contribution in [3.63, 3.8) is 0 Å². The van der Waals surface area contributed by atoms with Crippen molar-refractivity contribution >= 4 is 27.3 Å². The van der Waals surface area contributed by atoms with E-state index in [-0.39, 0.29) is 0 Å². The predicted octanol–water partition coefficient (Wildman–Crippen LogP) is 4.45. The summed E-state index contributed by atoms with van der Waals surface area (Å²) in [6.07, 6.45) is -0.439. The molecule has 0 saturated carbocycles. The van der Waals surface area contributed by atoms with Gasteiger partial charge in [-0.3, -0.25) is 0 Å². The molecular formula is C14H15BrO2S. The third-order valence-corrected chi connectivity index (χ3v) is 4.28. The first kappa shape index (κ1) is 13.6. The quantitative estimate of drug-likeness (QED) is 0.899. The smallest absolute Gasteiger partial charge is 0.122 e. The van der Waals surface area contributed by atoms with Crippen LogP contribution in [0.1, 0.15) is 29.0 Å². The molecule has 0 unspecified atom stereocenters. The summed E-state index contributed by atoms with van der Waals surface area (Å²) >= 11 is 5.11. The third kappa shape index (κ3) is 3.34. The van der Waals surface area contributed by atoms with E-state index >= 15 is 0 Å². The fraction of sp³-hybridized carbons (Fsp3) is 0.286. The number of halogens is 1. The van der Waals surface area contributed by atoms with Crippen molar-refractivity contribution in [2.45, 2.75) is 26.6 Å². The molecule has 2 nitrogen and oxygen atoms in total. The van der Waals surface area contributed by atoms with Gasteiger partial charge in [0, 0.05) is 4.88 Å². The zero-order chi connectivity index (χ0) is 13.1. The van der Waals surface area contributed by atoms with Gasteiger partial charge in [0.25, 0.3) is 0 Å². The second-order valence-corrected chi connectivity index (χ2v) is 6.74. The molecule has 0 radical (unpaired) electrons. The number of thiophene rings is 1. The largest absolute Gasteiger partial charge is 0.488 e. The maximum Gasteiger partial charge on any atom is 0.122 e. The number of benzene rings is 1. The van der Waals surface area contributed by atoms with E-state index in [0.717, 1.165) is 20.7 Å². The van der Waals surface area contributed by atoms with Crippen LogP contribution in [0.15, 0.2) is 34.1 Å². The lowest BCUT2D eigenvalue weighted by atomic mass is 10.1. The lowest BCUT2D eigenvalue weighted by molar-refractivity contribution is 0.199. The molecule has 1 atom stereocenters. The van der Waals surface area contributed by atoms with E-state index in [4.69, 9.17) is 4.74 Å². The van der Waals surface area contributed by atoms with Gasteiger partial charge in [-0.15, -0.1) is 11.3 Å². The molecule has 2 aromatic rings. The van der Waals surface area contributed by atoms with E-state index in [0.29, 0.717) is 6.61 Å². The molecule has 1 heterocycles. The van der Waals surface area contributed by atoms with Crippen molar-refractivity contribution < 1.29 is 9.84 Å². The number of aliphatic hydroxyl groups is 1. The Balaban J connectivity index is 2.05. The molecule has 0 spiro atoms. The lowest BCUT2D eigenvalue weighted by Crippen LogP contribution is -1.97. The monoisotopic (exact) mass is 326 g/mol. The molecule has 0 saturated heterocycles. The van der Waals surface area contributed by atoms with Gasteiger partial charge in [0.15, 0.2) is 0 Å². The molecule has 1 N–H and O–H groups in total. The zero-order valence-electron chi connectivity index (χ0n) is 10.3. The molecule has 4 heteroatoms. The number of aliphatic hydroxyl groups excluding tert-OH is 1. The minimum atomic E-state index is -0.439. The minimum Gasteiger partial charge on any atom is -0.488 e. The van der Waals surface area contributed by atoms with Crippen molar-refractivity contribution in [3.8, 4) is 5.75 Å². The van der Waals surface area contributed by atoms with Crippen LogP contribution in [0.25, 0.3) is 0 Å². The van der Waals surface area contributed by atoms with Gasteiger partial charge in [-0.05, 0) is 65.2 Å². The Morgan fingerprint density at radius 2 is 2.11 bits per heavy atom. The average Bonchev–Trinajstić information content (AvgIpc) is 2.73. The second kappa shape index (κ2) is 5.87. The third-order valence-electron chi connectivity index (χ3n) is 2.68. The topological polar surface area (TPSA) is 29.5 Å². The highest BCUT2D eigenvalue weighted by atomic mass is 79.9. The Morgan fingerprint density at radius 3 is 2.67 bits per heavy atom. The van der Waals surface area contributed by atoms with Crippen LogP contribution in [-0.2, 0) is 6.61 Å². The summed E-state index contributed by atoms with van der Waals surface area (Å²) in [5, 5.41) is 9.51. The lowest BCUT2D eigenvalue weighted by Gasteiger charge is -2.11. The maximum atomic E-state index is 9.51. The van der Waals surface area contributed by atoms with Gasteiger partial charge in [-0.25, -0.2) is 0 Å². The van der Waals surface area contributed by atoms with Crippen LogP contribution < -0.4 is 4.74 Å². The highest BCUT2D eigenvalue weighted by Gasteiger charge is 2.06. The molecule has 1 aromatic heterocycles. The zero-order valence-corrected chi connectivity index (χ0v) is 12.7. The molecule has 18 heavy (non-hydrogen) atoms. The summed E-state index contributed by atoms with van der Waals surface area (Å²) < 4.78 is 6.89. The fourth-order valence-electron chi connectivity index (χ4n) is 1.67. The summed E-state index contributed by atoms with van der Waals surface area (Å²) in [4.78, 5) is 1.18. The van der Waals surface area contributed by atoms with E-state index in [1.54, 1.807) is 18.3 Å². The van der Waals surface area contributed by atoms with Crippen molar-refractivity contribution in [1.29, 1.82) is 0 Å². The van der Waals surface area contributed by atoms with Gasteiger partial charge >= 0.3 is 0 Å². The normalized spacial score (nSPS) is 12.4. The van der Waals surface area contributed by atoms with Crippen LogP contribution in [0.3, 0.4) is 0 Å². The molecular weight excluding hydrogens is 312 g/mol. The minimum absolute atomic E-state index is 0.439. The summed E-state index contributed by atoms with van der Waals surface area (Å²) in [7, 11) is 0. The number of ether oxygens (including phenoxy) is 1. The van der Waals surface area contributed by atoms with Gasteiger partial charge in [0.1, 0.15) is 12.4 Å². The van der Waals surface area contributed by atoms with E-state index in [1.807, 2.05) is 37.3 Å². The molecule has 0 bridgehead atoms. The summed E-state index contributed by atoms with van der Waals surface area (Å²) in [5.41, 5.74) is 1.96. The Morgan fingerprint density at radius 1 is 1.33 bits per heavy atom. The van der Waals surface area contributed by atoms with Gasteiger partial charge in [-0.2, -0.15) is 0 Å². The summed E-state index contributed by atoms with van der Waals surface area (Å²) in [5.74, 6) is 0.865. The molecule has 96 valence electrons. The summed E-state index contributed by atoms with van der Waals surface area (Å²) in [6, 6.07) is 9.85. The molecule has 0 aliphatic rings. The predicted molar refractivity (Wildman–Crippen MR) is 78.2 cm³/mol. The maximum absolute atomic E-state index is 9.51. The SMILES string of the molecule is Cc1cc([C@@H](C)O)ccc1OCc1ccc(Br)s1. The van der Waals surface area contributed by atoms with E-state index in [9.17, 15) is 5.11 Å².